The van der Waals surface area contributed by atoms with Crippen LogP contribution in [0.4, 0.5) is 5.13 Å². The molecular weight excluding hydrogens is 362 g/mol. The minimum Gasteiger partial charge on any atom is -0.496 e. The second kappa shape index (κ2) is 7.08. The van der Waals surface area contributed by atoms with E-state index < -0.39 is 5.91 Å². The molecule has 0 fully saturated rings. The summed E-state index contributed by atoms with van der Waals surface area (Å²) in [6, 6.07) is 6.99. The van der Waals surface area contributed by atoms with Crippen molar-refractivity contribution in [1.29, 1.82) is 0 Å². The van der Waals surface area contributed by atoms with Gasteiger partial charge in [-0.15, -0.1) is 11.3 Å². The molecule has 2 aromatic heterocycles. The molecule has 0 aliphatic rings. The standard InChI is InChI=1S/C17H14ClN3O3S/c1-10(22)13-9-25-17(19-13)20-16(23)11-7-12(18)14(8-15(11)24-2)21-5-3-4-6-21/h3-9H,1-2H3,(H,19,20,23). The molecule has 0 aliphatic carbocycles. The van der Waals surface area contributed by atoms with Gasteiger partial charge in [0.15, 0.2) is 10.9 Å². The maximum Gasteiger partial charge on any atom is 0.261 e. The maximum atomic E-state index is 12.5. The van der Waals surface area contributed by atoms with Gasteiger partial charge in [0, 0.05) is 30.8 Å². The SMILES string of the molecule is COc1cc(-n2cccc2)c(Cl)cc1C(=O)Nc1nc(C(C)=O)cs1. The number of rotatable bonds is 5. The van der Waals surface area contributed by atoms with Crippen LogP contribution in [0.2, 0.25) is 5.02 Å². The molecule has 0 bridgehead atoms. The summed E-state index contributed by atoms with van der Waals surface area (Å²) in [5, 5.41) is 5.00. The summed E-state index contributed by atoms with van der Waals surface area (Å²) in [5.41, 5.74) is 1.30. The van der Waals surface area contributed by atoms with Crippen LogP contribution in [0.5, 0.6) is 5.75 Å². The van der Waals surface area contributed by atoms with Crippen molar-refractivity contribution in [2.45, 2.75) is 6.92 Å². The van der Waals surface area contributed by atoms with Gasteiger partial charge in [0.2, 0.25) is 0 Å². The summed E-state index contributed by atoms with van der Waals surface area (Å²) in [6.45, 7) is 1.42. The highest BCUT2D eigenvalue weighted by Crippen LogP contribution is 2.30. The smallest absolute Gasteiger partial charge is 0.261 e. The van der Waals surface area contributed by atoms with E-state index in [9.17, 15) is 9.59 Å². The number of carbonyl (C=O) groups is 2. The van der Waals surface area contributed by atoms with Gasteiger partial charge < -0.3 is 9.30 Å². The number of nitrogens with zero attached hydrogens (tertiary/aromatic N) is 2. The van der Waals surface area contributed by atoms with Gasteiger partial charge in [-0.05, 0) is 18.2 Å². The number of thiazole rings is 1. The van der Waals surface area contributed by atoms with E-state index in [1.54, 1.807) is 17.5 Å². The van der Waals surface area contributed by atoms with E-state index in [2.05, 4.69) is 10.3 Å². The summed E-state index contributed by atoms with van der Waals surface area (Å²) in [7, 11) is 1.48. The van der Waals surface area contributed by atoms with Crippen LogP contribution < -0.4 is 10.1 Å². The Kier molecular flexibility index (Phi) is 4.87. The Morgan fingerprint density at radius 3 is 2.60 bits per heavy atom. The lowest BCUT2D eigenvalue weighted by Crippen LogP contribution is -2.14. The van der Waals surface area contributed by atoms with E-state index in [4.69, 9.17) is 16.3 Å². The molecule has 2 heterocycles. The molecule has 1 aromatic carbocycles. The lowest BCUT2D eigenvalue weighted by atomic mass is 10.1. The third kappa shape index (κ3) is 3.57. The normalized spacial score (nSPS) is 10.5. The monoisotopic (exact) mass is 375 g/mol. The van der Waals surface area contributed by atoms with Crippen LogP contribution in [-0.2, 0) is 0 Å². The van der Waals surface area contributed by atoms with Crippen molar-refractivity contribution >= 4 is 39.8 Å². The molecule has 25 heavy (non-hydrogen) atoms. The van der Waals surface area contributed by atoms with Crippen molar-refractivity contribution in [2.24, 2.45) is 0 Å². The summed E-state index contributed by atoms with van der Waals surface area (Å²) in [4.78, 5) is 27.9. The Bertz CT molecular complexity index is 935. The minimum absolute atomic E-state index is 0.159. The second-order valence-electron chi connectivity index (χ2n) is 5.14. The van der Waals surface area contributed by atoms with Gasteiger partial charge in [0.1, 0.15) is 11.4 Å². The lowest BCUT2D eigenvalue weighted by molar-refractivity contribution is 0.100. The highest BCUT2D eigenvalue weighted by molar-refractivity contribution is 7.14. The van der Waals surface area contributed by atoms with Gasteiger partial charge in [-0.3, -0.25) is 14.9 Å². The highest BCUT2D eigenvalue weighted by atomic mass is 35.5. The third-order valence-electron chi connectivity index (χ3n) is 3.48. The molecule has 0 saturated heterocycles. The first-order valence-corrected chi connectivity index (χ1v) is 8.54. The number of hydrogen-bond donors (Lipinski definition) is 1. The molecule has 128 valence electrons. The molecular formula is C17H14ClN3O3S. The molecule has 0 aliphatic heterocycles. The first kappa shape index (κ1) is 17.2. The Balaban J connectivity index is 1.91. The fourth-order valence-electron chi connectivity index (χ4n) is 2.24. The van der Waals surface area contributed by atoms with Gasteiger partial charge in [0.25, 0.3) is 5.91 Å². The Hall–Kier alpha value is -2.64. The van der Waals surface area contributed by atoms with Crippen LogP contribution in [0, 0.1) is 0 Å². The zero-order chi connectivity index (χ0) is 18.0. The zero-order valence-corrected chi connectivity index (χ0v) is 15.0. The summed E-state index contributed by atoms with van der Waals surface area (Å²) in [5.74, 6) is -0.190. The van der Waals surface area contributed by atoms with Crippen molar-refractivity contribution < 1.29 is 14.3 Å². The Morgan fingerprint density at radius 1 is 1.28 bits per heavy atom. The van der Waals surface area contributed by atoms with Crippen molar-refractivity contribution in [1.82, 2.24) is 9.55 Å². The number of nitrogens with one attached hydrogen (secondary N) is 1. The van der Waals surface area contributed by atoms with Crippen molar-refractivity contribution in [2.75, 3.05) is 12.4 Å². The minimum atomic E-state index is -0.415. The molecule has 1 amide bonds. The number of ketones is 1. The predicted molar refractivity (Wildman–Crippen MR) is 97.4 cm³/mol. The van der Waals surface area contributed by atoms with Crippen molar-refractivity contribution in [3.05, 3.63) is 58.3 Å². The average molecular weight is 376 g/mol. The zero-order valence-electron chi connectivity index (χ0n) is 13.4. The van der Waals surface area contributed by atoms with E-state index >= 15 is 0 Å². The lowest BCUT2D eigenvalue weighted by Gasteiger charge is -2.13. The number of hydrogen-bond acceptors (Lipinski definition) is 5. The molecule has 0 spiro atoms. The first-order chi connectivity index (χ1) is 12.0. The predicted octanol–water partition coefficient (Wildman–Crippen LogP) is 4.05. The van der Waals surface area contributed by atoms with Gasteiger partial charge in [0.05, 0.1) is 23.4 Å². The second-order valence-corrected chi connectivity index (χ2v) is 6.41. The number of ether oxygens (including phenoxy) is 1. The summed E-state index contributed by atoms with van der Waals surface area (Å²) < 4.78 is 7.16. The van der Waals surface area contributed by atoms with Crippen LogP contribution >= 0.6 is 22.9 Å². The fourth-order valence-corrected chi connectivity index (χ4v) is 3.25. The number of halogens is 1. The molecule has 0 saturated carbocycles. The Labute approximate surface area is 153 Å². The van der Waals surface area contributed by atoms with Crippen LogP contribution in [-0.4, -0.2) is 28.4 Å². The largest absolute Gasteiger partial charge is 0.496 e. The number of amides is 1. The van der Waals surface area contributed by atoms with Crippen LogP contribution in [0.15, 0.2) is 42.0 Å². The molecule has 0 radical (unpaired) electrons. The molecule has 0 atom stereocenters. The average Bonchev–Trinajstić information content (AvgIpc) is 3.26. The quantitative estimate of drug-likeness (QED) is 0.683. The summed E-state index contributed by atoms with van der Waals surface area (Å²) >= 11 is 7.51. The van der Waals surface area contributed by atoms with E-state index in [-0.39, 0.29) is 11.3 Å². The molecule has 6 nitrogen and oxygen atoms in total. The Morgan fingerprint density at radius 2 is 2.00 bits per heavy atom. The number of methoxy groups -OCH3 is 1. The van der Waals surface area contributed by atoms with Gasteiger partial charge in [-0.1, -0.05) is 11.6 Å². The molecule has 3 aromatic rings. The molecule has 0 unspecified atom stereocenters. The van der Waals surface area contributed by atoms with E-state index in [1.165, 1.54) is 25.4 Å². The number of anilines is 1. The number of carbonyl (C=O) groups excluding carboxylic acids is 2. The van der Waals surface area contributed by atoms with Crippen LogP contribution in [0.3, 0.4) is 0 Å². The van der Waals surface area contributed by atoms with E-state index in [0.717, 1.165) is 0 Å². The van der Waals surface area contributed by atoms with Crippen LogP contribution in [0.25, 0.3) is 5.69 Å². The first-order valence-electron chi connectivity index (χ1n) is 7.28. The van der Waals surface area contributed by atoms with Gasteiger partial charge >= 0.3 is 0 Å². The fraction of sp³-hybridized carbons (Fsp3) is 0.118. The third-order valence-corrected chi connectivity index (χ3v) is 4.54. The number of aromatic nitrogens is 2. The topological polar surface area (TPSA) is 73.2 Å². The number of benzene rings is 1. The molecule has 1 N–H and O–H groups in total. The van der Waals surface area contributed by atoms with Crippen molar-refractivity contribution in [3.63, 3.8) is 0 Å². The van der Waals surface area contributed by atoms with Crippen LogP contribution in [0.1, 0.15) is 27.8 Å². The van der Waals surface area contributed by atoms with Gasteiger partial charge in [-0.25, -0.2) is 4.98 Å². The van der Waals surface area contributed by atoms with E-state index in [0.29, 0.717) is 27.3 Å². The summed E-state index contributed by atoms with van der Waals surface area (Å²) in [6.07, 6.45) is 3.69. The van der Waals surface area contributed by atoms with Crippen molar-refractivity contribution in [3.8, 4) is 11.4 Å². The molecule has 8 heteroatoms. The maximum absolute atomic E-state index is 12.5. The van der Waals surface area contributed by atoms with Gasteiger partial charge in [-0.2, -0.15) is 0 Å². The molecule has 3 rings (SSSR count). The highest BCUT2D eigenvalue weighted by Gasteiger charge is 2.18. The van der Waals surface area contributed by atoms with E-state index in [1.807, 2.05) is 29.1 Å². The number of Topliss-reactive ketones (excluding diaryl/α,β-unsaturated/α-hetero) is 1.